The van der Waals surface area contributed by atoms with Crippen LogP contribution in [0.15, 0.2) is 21.8 Å². The van der Waals surface area contributed by atoms with Gasteiger partial charge in [0.1, 0.15) is 6.54 Å². The number of nitrogens with zero attached hydrogens (tertiary/aromatic N) is 5. The first kappa shape index (κ1) is 17.0. The van der Waals surface area contributed by atoms with Crippen LogP contribution in [0.4, 0.5) is 0 Å². The van der Waals surface area contributed by atoms with E-state index in [0.717, 1.165) is 12.2 Å². The highest BCUT2D eigenvalue weighted by Gasteiger charge is 2.21. The lowest BCUT2D eigenvalue weighted by molar-refractivity contribution is 0.318. The molecule has 0 aromatic carbocycles. The molecule has 2 N–H and O–H groups in total. The van der Waals surface area contributed by atoms with E-state index in [1.54, 1.807) is 6.20 Å². The molecule has 0 saturated carbocycles. The van der Waals surface area contributed by atoms with Crippen molar-refractivity contribution in [3.63, 3.8) is 0 Å². The molecule has 2 aromatic rings. The molecule has 0 aliphatic rings. The molecule has 0 spiro atoms. The molecule has 2 heterocycles. The molecule has 0 atom stereocenters. The van der Waals surface area contributed by atoms with E-state index in [4.69, 9.17) is 4.52 Å². The SMILES string of the molecule is CCNC(=NCc1noc(C(C)(C)C)n1)NCc1ccnn1C. The number of hydrogen-bond donors (Lipinski definition) is 2. The summed E-state index contributed by atoms with van der Waals surface area (Å²) in [6.07, 6.45) is 1.77. The Kier molecular flexibility index (Phi) is 5.36. The van der Waals surface area contributed by atoms with Crippen molar-refractivity contribution in [3.8, 4) is 0 Å². The second-order valence-corrected chi connectivity index (χ2v) is 6.26. The van der Waals surface area contributed by atoms with E-state index in [2.05, 4.69) is 30.9 Å². The molecule has 0 radical (unpaired) electrons. The average molecular weight is 319 g/mol. The summed E-state index contributed by atoms with van der Waals surface area (Å²) in [4.78, 5) is 8.87. The van der Waals surface area contributed by atoms with Gasteiger partial charge in [0.25, 0.3) is 0 Å². The van der Waals surface area contributed by atoms with E-state index in [1.807, 2.05) is 45.5 Å². The Labute approximate surface area is 136 Å². The van der Waals surface area contributed by atoms with Crippen molar-refractivity contribution in [2.75, 3.05) is 6.54 Å². The molecule has 8 nitrogen and oxygen atoms in total. The Morgan fingerprint density at radius 3 is 2.70 bits per heavy atom. The quantitative estimate of drug-likeness (QED) is 0.638. The minimum absolute atomic E-state index is 0.156. The van der Waals surface area contributed by atoms with E-state index in [9.17, 15) is 0 Å². The first-order valence-electron chi connectivity index (χ1n) is 7.72. The van der Waals surface area contributed by atoms with Crippen LogP contribution in [0.3, 0.4) is 0 Å². The summed E-state index contributed by atoms with van der Waals surface area (Å²) in [5, 5.41) is 14.6. The number of aryl methyl sites for hydroxylation is 1. The number of aliphatic imine (C=N–C) groups is 1. The summed E-state index contributed by atoms with van der Waals surface area (Å²) in [6, 6.07) is 1.96. The second kappa shape index (κ2) is 7.26. The van der Waals surface area contributed by atoms with Crippen LogP contribution in [0.1, 0.15) is 45.1 Å². The maximum atomic E-state index is 5.27. The maximum absolute atomic E-state index is 5.27. The molecule has 2 rings (SSSR count). The zero-order valence-electron chi connectivity index (χ0n) is 14.4. The highest BCUT2D eigenvalue weighted by molar-refractivity contribution is 5.79. The van der Waals surface area contributed by atoms with Crippen molar-refractivity contribution in [2.24, 2.45) is 12.0 Å². The van der Waals surface area contributed by atoms with E-state index in [1.165, 1.54) is 0 Å². The van der Waals surface area contributed by atoms with Gasteiger partial charge in [-0.1, -0.05) is 25.9 Å². The molecule has 8 heteroatoms. The minimum atomic E-state index is -0.156. The van der Waals surface area contributed by atoms with Gasteiger partial charge >= 0.3 is 0 Å². The van der Waals surface area contributed by atoms with Gasteiger partial charge in [-0.15, -0.1) is 0 Å². The minimum Gasteiger partial charge on any atom is -0.357 e. The van der Waals surface area contributed by atoms with Gasteiger partial charge in [-0.05, 0) is 13.0 Å². The van der Waals surface area contributed by atoms with Crippen LogP contribution in [-0.4, -0.2) is 32.4 Å². The van der Waals surface area contributed by atoms with Crippen molar-refractivity contribution in [3.05, 3.63) is 29.7 Å². The van der Waals surface area contributed by atoms with Gasteiger partial charge in [-0.2, -0.15) is 10.1 Å². The van der Waals surface area contributed by atoms with E-state index >= 15 is 0 Å². The Bertz CT molecular complexity index is 651. The lowest BCUT2D eigenvalue weighted by Crippen LogP contribution is -2.37. The molecule has 0 saturated heterocycles. The molecule has 0 aliphatic carbocycles. The summed E-state index contributed by atoms with van der Waals surface area (Å²) in [5.74, 6) is 1.90. The fourth-order valence-electron chi connectivity index (χ4n) is 1.86. The van der Waals surface area contributed by atoms with Crippen LogP contribution in [0.5, 0.6) is 0 Å². The van der Waals surface area contributed by atoms with Gasteiger partial charge in [0, 0.05) is 25.2 Å². The Morgan fingerprint density at radius 2 is 2.13 bits per heavy atom. The summed E-state index contributed by atoms with van der Waals surface area (Å²) in [6.45, 7) is 9.90. The average Bonchev–Trinajstić information content (AvgIpc) is 3.10. The molecule has 0 bridgehead atoms. The van der Waals surface area contributed by atoms with E-state index < -0.39 is 0 Å². The van der Waals surface area contributed by atoms with Crippen LogP contribution in [0.25, 0.3) is 0 Å². The smallest absolute Gasteiger partial charge is 0.232 e. The number of aromatic nitrogens is 4. The van der Waals surface area contributed by atoms with Crippen molar-refractivity contribution < 1.29 is 4.52 Å². The topological polar surface area (TPSA) is 93.2 Å². The molecule has 2 aromatic heterocycles. The van der Waals surface area contributed by atoms with Crippen molar-refractivity contribution in [1.29, 1.82) is 0 Å². The fourth-order valence-corrected chi connectivity index (χ4v) is 1.86. The number of rotatable bonds is 5. The van der Waals surface area contributed by atoms with Gasteiger partial charge in [-0.25, -0.2) is 4.99 Å². The maximum Gasteiger partial charge on any atom is 0.232 e. The summed E-state index contributed by atoms with van der Waals surface area (Å²) < 4.78 is 7.10. The van der Waals surface area contributed by atoms with Crippen molar-refractivity contribution in [2.45, 2.75) is 46.2 Å². The molecule has 126 valence electrons. The molecule has 0 aliphatic heterocycles. The Balaban J connectivity index is 1.98. The normalized spacial score (nSPS) is 12.5. The van der Waals surface area contributed by atoms with Gasteiger partial charge in [-0.3, -0.25) is 4.68 Å². The van der Waals surface area contributed by atoms with Crippen molar-refractivity contribution in [1.82, 2.24) is 30.6 Å². The molecule has 0 unspecified atom stereocenters. The summed E-state index contributed by atoms with van der Waals surface area (Å²) in [7, 11) is 1.91. The zero-order chi connectivity index (χ0) is 16.9. The van der Waals surface area contributed by atoms with Crippen LogP contribution < -0.4 is 10.6 Å². The summed E-state index contributed by atoms with van der Waals surface area (Å²) in [5.41, 5.74) is 0.919. The molecule has 0 fully saturated rings. The first-order chi connectivity index (χ1) is 10.9. The lowest BCUT2D eigenvalue weighted by Gasteiger charge is -2.11. The van der Waals surface area contributed by atoms with Crippen LogP contribution >= 0.6 is 0 Å². The second-order valence-electron chi connectivity index (χ2n) is 6.26. The predicted octanol–water partition coefficient (Wildman–Crippen LogP) is 1.36. The predicted molar refractivity (Wildman–Crippen MR) is 87.9 cm³/mol. The van der Waals surface area contributed by atoms with Gasteiger partial charge in [0.15, 0.2) is 11.8 Å². The van der Waals surface area contributed by atoms with Gasteiger partial charge in [0.2, 0.25) is 5.89 Å². The van der Waals surface area contributed by atoms with Gasteiger partial charge < -0.3 is 15.2 Å². The largest absolute Gasteiger partial charge is 0.357 e. The Morgan fingerprint density at radius 1 is 1.35 bits per heavy atom. The highest BCUT2D eigenvalue weighted by atomic mass is 16.5. The molecule has 0 amide bonds. The first-order valence-corrected chi connectivity index (χ1v) is 7.72. The molecular formula is C15H25N7O. The summed E-state index contributed by atoms with van der Waals surface area (Å²) >= 11 is 0. The molecular weight excluding hydrogens is 294 g/mol. The third-order valence-electron chi connectivity index (χ3n) is 3.19. The lowest BCUT2D eigenvalue weighted by atomic mass is 9.97. The highest BCUT2D eigenvalue weighted by Crippen LogP contribution is 2.19. The number of nitrogens with one attached hydrogen (secondary N) is 2. The molecule has 23 heavy (non-hydrogen) atoms. The third-order valence-corrected chi connectivity index (χ3v) is 3.19. The monoisotopic (exact) mass is 319 g/mol. The van der Waals surface area contributed by atoms with Gasteiger partial charge in [0.05, 0.1) is 12.2 Å². The van der Waals surface area contributed by atoms with Crippen LogP contribution in [-0.2, 0) is 25.6 Å². The fraction of sp³-hybridized carbons (Fsp3) is 0.600. The Hall–Kier alpha value is -2.38. The standard InChI is InChI=1S/C15H25N7O/c1-6-16-14(17-9-11-7-8-19-22(11)5)18-10-12-20-13(23-21-12)15(2,3)4/h7-8H,6,9-10H2,1-5H3,(H2,16,17,18). The van der Waals surface area contributed by atoms with E-state index in [-0.39, 0.29) is 5.41 Å². The number of guanidine groups is 1. The van der Waals surface area contributed by atoms with E-state index in [0.29, 0.717) is 30.8 Å². The van der Waals surface area contributed by atoms with Crippen LogP contribution in [0, 0.1) is 0 Å². The van der Waals surface area contributed by atoms with Crippen molar-refractivity contribution >= 4 is 5.96 Å². The third kappa shape index (κ3) is 4.80. The van der Waals surface area contributed by atoms with Crippen LogP contribution in [0.2, 0.25) is 0 Å². The number of hydrogen-bond acceptors (Lipinski definition) is 5. The zero-order valence-corrected chi connectivity index (χ0v) is 14.4.